The molecule has 2 N–H and O–H groups in total. The second-order valence-corrected chi connectivity index (χ2v) is 7.49. The summed E-state index contributed by atoms with van der Waals surface area (Å²) >= 11 is 0. The molecule has 4 aromatic rings. The number of rotatable bonds is 6. The van der Waals surface area contributed by atoms with Crippen molar-refractivity contribution < 1.29 is 36.0 Å². The Balaban J connectivity index is 1.57. The van der Waals surface area contributed by atoms with E-state index in [9.17, 15) is 31.4 Å². The standard InChI is InChI=1S/C23H17F6N3O2/c24-22(25,26)17-8-4-7-15-16(10-20(23(27,28)29)31-21(15)17)18(33)12-30-11-14-9-19(34-32-14)13-5-2-1-3-6-13/h1-10,18,30,33H,11-12H2. The van der Waals surface area contributed by atoms with Gasteiger partial charge in [-0.15, -0.1) is 0 Å². The number of pyridine rings is 1. The third kappa shape index (κ3) is 5.05. The molecule has 11 heteroatoms. The van der Waals surface area contributed by atoms with Crippen LogP contribution in [0.25, 0.3) is 22.2 Å². The van der Waals surface area contributed by atoms with E-state index in [0.717, 1.165) is 11.6 Å². The molecule has 0 saturated heterocycles. The molecule has 34 heavy (non-hydrogen) atoms. The van der Waals surface area contributed by atoms with Gasteiger partial charge in [0.05, 0.1) is 22.9 Å². The highest BCUT2D eigenvalue weighted by atomic mass is 19.4. The lowest BCUT2D eigenvalue weighted by molar-refractivity contribution is -0.142. The van der Waals surface area contributed by atoms with Gasteiger partial charge in [0.25, 0.3) is 0 Å². The van der Waals surface area contributed by atoms with Crippen LogP contribution in [0.5, 0.6) is 0 Å². The number of fused-ring (bicyclic) bond motifs is 1. The molecule has 1 atom stereocenters. The van der Waals surface area contributed by atoms with Crippen molar-refractivity contribution in [2.75, 3.05) is 6.54 Å². The summed E-state index contributed by atoms with van der Waals surface area (Å²) < 4.78 is 85.4. The van der Waals surface area contributed by atoms with Crippen LogP contribution in [-0.2, 0) is 18.9 Å². The Morgan fingerprint density at radius 2 is 1.65 bits per heavy atom. The molecule has 178 valence electrons. The number of hydrogen-bond acceptors (Lipinski definition) is 5. The summed E-state index contributed by atoms with van der Waals surface area (Å²) in [6.45, 7) is -0.142. The van der Waals surface area contributed by atoms with Gasteiger partial charge in [-0.3, -0.25) is 0 Å². The van der Waals surface area contributed by atoms with E-state index in [1.807, 2.05) is 30.3 Å². The summed E-state index contributed by atoms with van der Waals surface area (Å²) in [5.74, 6) is 0.507. The fraction of sp³-hybridized carbons (Fsp3) is 0.217. The topological polar surface area (TPSA) is 71.2 Å². The number of benzene rings is 2. The highest BCUT2D eigenvalue weighted by molar-refractivity contribution is 5.86. The van der Waals surface area contributed by atoms with Crippen molar-refractivity contribution in [1.29, 1.82) is 0 Å². The maximum atomic E-state index is 13.4. The summed E-state index contributed by atoms with van der Waals surface area (Å²) in [5, 5.41) is 17.1. The highest BCUT2D eigenvalue weighted by Crippen LogP contribution is 2.38. The number of aliphatic hydroxyl groups excluding tert-OH is 1. The Morgan fingerprint density at radius 3 is 2.32 bits per heavy atom. The van der Waals surface area contributed by atoms with E-state index in [2.05, 4.69) is 15.5 Å². The second-order valence-electron chi connectivity index (χ2n) is 7.49. The Kier molecular flexibility index (Phi) is 6.32. The van der Waals surface area contributed by atoms with Crippen LogP contribution in [0.15, 0.2) is 65.2 Å². The van der Waals surface area contributed by atoms with Gasteiger partial charge >= 0.3 is 12.4 Å². The molecular formula is C23H17F6N3O2. The smallest absolute Gasteiger partial charge is 0.387 e. The van der Waals surface area contributed by atoms with Gasteiger partial charge < -0.3 is 14.9 Å². The number of nitrogens with one attached hydrogen (secondary N) is 1. The number of nitrogens with zero attached hydrogens (tertiary/aromatic N) is 2. The first kappa shape index (κ1) is 23.7. The predicted molar refractivity (Wildman–Crippen MR) is 110 cm³/mol. The predicted octanol–water partition coefficient (Wildman–Crippen LogP) is 5.75. The van der Waals surface area contributed by atoms with Gasteiger partial charge in [0.1, 0.15) is 5.69 Å². The van der Waals surface area contributed by atoms with Crippen molar-refractivity contribution in [3.05, 3.63) is 83.2 Å². The fourth-order valence-electron chi connectivity index (χ4n) is 3.50. The minimum absolute atomic E-state index is 0.107. The summed E-state index contributed by atoms with van der Waals surface area (Å²) in [7, 11) is 0. The van der Waals surface area contributed by atoms with Crippen molar-refractivity contribution in [2.24, 2.45) is 0 Å². The molecule has 5 nitrogen and oxygen atoms in total. The molecule has 2 aromatic carbocycles. The van der Waals surface area contributed by atoms with E-state index >= 15 is 0 Å². The first-order valence-corrected chi connectivity index (χ1v) is 10.0. The van der Waals surface area contributed by atoms with Crippen LogP contribution in [0.3, 0.4) is 0 Å². The molecule has 0 aliphatic heterocycles. The van der Waals surface area contributed by atoms with Gasteiger partial charge in [-0.2, -0.15) is 26.3 Å². The van der Waals surface area contributed by atoms with Crippen molar-refractivity contribution in [3.63, 3.8) is 0 Å². The van der Waals surface area contributed by atoms with E-state index in [0.29, 0.717) is 23.6 Å². The largest absolute Gasteiger partial charge is 0.433 e. The number of hydrogen-bond donors (Lipinski definition) is 2. The maximum absolute atomic E-state index is 13.4. The zero-order chi connectivity index (χ0) is 24.5. The molecule has 4 rings (SSSR count). The van der Waals surface area contributed by atoms with Crippen LogP contribution in [-0.4, -0.2) is 21.8 Å². The normalized spacial score (nSPS) is 13.4. The van der Waals surface area contributed by atoms with Gasteiger partial charge in [0.2, 0.25) is 0 Å². The molecule has 0 saturated carbocycles. The monoisotopic (exact) mass is 481 g/mol. The minimum atomic E-state index is -5.00. The van der Waals surface area contributed by atoms with Crippen molar-refractivity contribution in [3.8, 4) is 11.3 Å². The first-order chi connectivity index (χ1) is 16.0. The average Bonchev–Trinajstić information content (AvgIpc) is 3.26. The molecule has 1 unspecified atom stereocenters. The number of para-hydroxylation sites is 1. The van der Waals surface area contributed by atoms with Crippen LogP contribution < -0.4 is 5.32 Å². The second kappa shape index (κ2) is 9.07. The third-order valence-electron chi connectivity index (χ3n) is 5.09. The zero-order valence-corrected chi connectivity index (χ0v) is 17.3. The Morgan fingerprint density at radius 1 is 0.912 bits per heavy atom. The average molecular weight is 481 g/mol. The van der Waals surface area contributed by atoms with Gasteiger partial charge in [-0.05, 0) is 17.7 Å². The van der Waals surface area contributed by atoms with E-state index in [-0.39, 0.29) is 24.0 Å². The van der Waals surface area contributed by atoms with Gasteiger partial charge in [0.15, 0.2) is 5.76 Å². The summed E-state index contributed by atoms with van der Waals surface area (Å²) in [6.07, 6.45) is -11.5. The third-order valence-corrected chi connectivity index (χ3v) is 5.09. The number of halogens is 6. The van der Waals surface area contributed by atoms with Crippen LogP contribution in [0.1, 0.15) is 28.6 Å². The lowest BCUT2D eigenvalue weighted by Crippen LogP contribution is -2.22. The number of aromatic nitrogens is 2. The summed E-state index contributed by atoms with van der Waals surface area (Å²) in [6, 6.07) is 14.3. The maximum Gasteiger partial charge on any atom is 0.433 e. The molecule has 2 heterocycles. The lowest BCUT2D eigenvalue weighted by atomic mass is 9.99. The molecule has 0 spiro atoms. The summed E-state index contributed by atoms with van der Waals surface area (Å²) in [5.41, 5.74) is -2.75. The zero-order valence-electron chi connectivity index (χ0n) is 17.3. The van der Waals surface area contributed by atoms with Crippen LogP contribution in [0, 0.1) is 0 Å². The van der Waals surface area contributed by atoms with Crippen LogP contribution in [0.2, 0.25) is 0 Å². The molecule has 0 amide bonds. The first-order valence-electron chi connectivity index (χ1n) is 10.0. The SMILES string of the molecule is OC(CNCc1cc(-c2ccccc2)on1)c1cc(C(F)(F)F)nc2c(C(F)(F)F)cccc12. The van der Waals surface area contributed by atoms with Gasteiger partial charge in [0, 0.05) is 30.1 Å². The summed E-state index contributed by atoms with van der Waals surface area (Å²) in [4.78, 5) is 3.22. The molecule has 2 aromatic heterocycles. The van der Waals surface area contributed by atoms with Gasteiger partial charge in [-0.1, -0.05) is 47.6 Å². The Hall–Kier alpha value is -3.44. The molecule has 0 radical (unpaired) electrons. The molecular weight excluding hydrogens is 464 g/mol. The molecule has 0 fully saturated rings. The van der Waals surface area contributed by atoms with Crippen LogP contribution in [0.4, 0.5) is 26.3 Å². The number of aliphatic hydroxyl groups is 1. The van der Waals surface area contributed by atoms with E-state index in [1.165, 1.54) is 6.07 Å². The van der Waals surface area contributed by atoms with Gasteiger partial charge in [-0.25, -0.2) is 4.98 Å². The van der Waals surface area contributed by atoms with Crippen molar-refractivity contribution in [2.45, 2.75) is 25.0 Å². The van der Waals surface area contributed by atoms with Crippen molar-refractivity contribution in [1.82, 2.24) is 15.5 Å². The van der Waals surface area contributed by atoms with Crippen molar-refractivity contribution >= 4 is 10.9 Å². The van der Waals surface area contributed by atoms with E-state index in [1.54, 1.807) is 6.07 Å². The fourth-order valence-corrected chi connectivity index (χ4v) is 3.50. The Labute approximate surface area is 189 Å². The quantitative estimate of drug-likeness (QED) is 0.343. The van der Waals surface area contributed by atoms with E-state index in [4.69, 9.17) is 4.52 Å². The highest BCUT2D eigenvalue weighted by Gasteiger charge is 2.38. The lowest BCUT2D eigenvalue weighted by Gasteiger charge is -2.18. The molecule has 0 aliphatic carbocycles. The van der Waals surface area contributed by atoms with E-state index < -0.39 is 35.2 Å². The number of alkyl halides is 6. The minimum Gasteiger partial charge on any atom is -0.387 e. The van der Waals surface area contributed by atoms with Crippen LogP contribution >= 0.6 is 0 Å². The Bertz CT molecular complexity index is 1290. The molecule has 0 bridgehead atoms. The molecule has 0 aliphatic rings.